The molecule has 1 aromatic carbocycles. The van der Waals surface area contributed by atoms with E-state index in [0.717, 1.165) is 13.0 Å². The van der Waals surface area contributed by atoms with Gasteiger partial charge in [0.2, 0.25) is 6.73 Å². The van der Waals surface area contributed by atoms with E-state index in [9.17, 15) is 0 Å². The second kappa shape index (κ2) is 6.55. The van der Waals surface area contributed by atoms with Gasteiger partial charge in [-0.1, -0.05) is 30.3 Å². The van der Waals surface area contributed by atoms with Crippen LogP contribution < -0.4 is 4.90 Å². The first-order valence-corrected chi connectivity index (χ1v) is 9.73. The van der Waals surface area contributed by atoms with E-state index in [1.54, 1.807) is 0 Å². The van der Waals surface area contributed by atoms with Crippen molar-refractivity contribution in [3.8, 4) is 0 Å². The van der Waals surface area contributed by atoms with Gasteiger partial charge in [0, 0.05) is 6.42 Å². The minimum atomic E-state index is -2.46. The molecule has 2 atom stereocenters. The number of hydrogen-bond acceptors (Lipinski definition) is 4. The molecule has 7 heteroatoms. The number of benzene rings is 1. The molecule has 0 saturated carbocycles. The van der Waals surface area contributed by atoms with Crippen LogP contribution in [0.3, 0.4) is 0 Å². The molecule has 0 bridgehead atoms. The van der Waals surface area contributed by atoms with Crippen molar-refractivity contribution in [2.24, 2.45) is 4.76 Å². The first kappa shape index (κ1) is 15.1. The van der Waals surface area contributed by atoms with Crippen LogP contribution in [0.5, 0.6) is 0 Å². The molecule has 0 radical (unpaired) electrons. The van der Waals surface area contributed by atoms with Crippen LogP contribution in [0.25, 0.3) is 0 Å². The Morgan fingerprint density at radius 3 is 2.71 bits per heavy atom. The van der Waals surface area contributed by atoms with Crippen molar-refractivity contribution >= 4 is 24.3 Å². The molecule has 0 aromatic heterocycles. The number of hydrogen-bond donors (Lipinski definition) is 1. The van der Waals surface area contributed by atoms with Gasteiger partial charge in [0.25, 0.3) is 5.90 Å². The van der Waals surface area contributed by atoms with Gasteiger partial charge in [-0.25, -0.2) is 0 Å². The maximum Gasteiger partial charge on any atom is 0.312 e. The molecule has 2 fully saturated rings. The summed E-state index contributed by atoms with van der Waals surface area (Å²) in [6.07, 6.45) is 1.02. The summed E-state index contributed by atoms with van der Waals surface area (Å²) in [5.41, 5.74) is 1.34. The molecule has 1 aromatic rings. The molecule has 114 valence electrons. The number of quaternary nitrogens is 1. The van der Waals surface area contributed by atoms with E-state index in [2.05, 4.69) is 36.0 Å². The van der Waals surface area contributed by atoms with Gasteiger partial charge in [-0.05, 0) is 24.3 Å². The fraction of sp³-hybridized carbons (Fsp3) is 0.500. The third-order valence-electron chi connectivity index (χ3n) is 3.71. The number of nitrogens with one attached hydrogen (secondary N) is 1. The van der Waals surface area contributed by atoms with Crippen LogP contribution >= 0.6 is 6.64 Å². The van der Waals surface area contributed by atoms with Gasteiger partial charge >= 0.3 is 6.64 Å². The SMILES string of the molecule is C[C@@H](Cc1ccccc1)[NH+]1COC(=NP2(=S)OCCO2)C1. The maximum absolute atomic E-state index is 5.67. The molecular weight excluding hydrogens is 307 g/mol. The highest BCUT2D eigenvalue weighted by atomic mass is 32.5. The Kier molecular flexibility index (Phi) is 4.72. The standard InChI is InChI=1S/C14H19N2O3PS/c1-12(9-13-5-3-2-4-6-13)16-10-14(17-11-16)15-20(21)18-7-8-19-20/h2-6,12H,7-11H2,1H3/p+1/t12-/m0/s1. The summed E-state index contributed by atoms with van der Waals surface area (Å²) in [6.45, 7) is 2.22. The summed E-state index contributed by atoms with van der Waals surface area (Å²) in [5.74, 6) is 0.676. The van der Waals surface area contributed by atoms with Gasteiger partial charge in [-0.15, -0.1) is 0 Å². The van der Waals surface area contributed by atoms with E-state index in [1.807, 2.05) is 6.07 Å². The fourth-order valence-electron chi connectivity index (χ4n) is 2.50. The van der Waals surface area contributed by atoms with E-state index in [1.165, 1.54) is 10.5 Å². The third kappa shape index (κ3) is 3.90. The fourth-order valence-corrected chi connectivity index (χ4v) is 4.42. The predicted octanol–water partition coefficient (Wildman–Crippen LogP) is 1.16. The van der Waals surface area contributed by atoms with E-state index in [0.29, 0.717) is 31.9 Å². The topological polar surface area (TPSA) is 44.5 Å². The summed E-state index contributed by atoms with van der Waals surface area (Å²) < 4.78 is 20.9. The molecule has 2 heterocycles. The normalized spacial score (nSPS) is 27.7. The van der Waals surface area contributed by atoms with Crippen molar-refractivity contribution in [2.45, 2.75) is 19.4 Å². The van der Waals surface area contributed by atoms with Crippen molar-refractivity contribution in [3.05, 3.63) is 35.9 Å². The molecule has 0 aliphatic carbocycles. The summed E-state index contributed by atoms with van der Waals surface area (Å²) >= 11 is 5.30. The van der Waals surface area contributed by atoms with E-state index in [-0.39, 0.29) is 0 Å². The summed E-state index contributed by atoms with van der Waals surface area (Å²) in [7, 11) is 0. The lowest BCUT2D eigenvalue weighted by atomic mass is 10.1. The van der Waals surface area contributed by atoms with Crippen LogP contribution in [-0.4, -0.2) is 38.4 Å². The molecule has 1 N–H and O–H groups in total. The Bertz CT molecular complexity index is 557. The lowest BCUT2D eigenvalue weighted by Gasteiger charge is -2.18. The lowest BCUT2D eigenvalue weighted by molar-refractivity contribution is -0.918. The third-order valence-corrected chi connectivity index (χ3v) is 6.07. The van der Waals surface area contributed by atoms with Crippen LogP contribution in [0, 0.1) is 0 Å². The Morgan fingerprint density at radius 2 is 2.00 bits per heavy atom. The zero-order chi connectivity index (χ0) is 14.7. The van der Waals surface area contributed by atoms with Crippen LogP contribution in [0.4, 0.5) is 0 Å². The maximum atomic E-state index is 5.67. The van der Waals surface area contributed by atoms with Crippen molar-refractivity contribution < 1.29 is 18.7 Å². The molecule has 5 nitrogen and oxygen atoms in total. The largest absolute Gasteiger partial charge is 0.426 e. The molecule has 0 spiro atoms. The van der Waals surface area contributed by atoms with Gasteiger partial charge < -0.3 is 13.8 Å². The minimum absolute atomic E-state index is 0.463. The first-order chi connectivity index (χ1) is 10.1. The quantitative estimate of drug-likeness (QED) is 0.843. The van der Waals surface area contributed by atoms with Gasteiger partial charge in [0.1, 0.15) is 0 Å². The van der Waals surface area contributed by atoms with Crippen LogP contribution in [0.15, 0.2) is 35.1 Å². The molecule has 2 aliphatic rings. The van der Waals surface area contributed by atoms with Crippen molar-refractivity contribution in [3.63, 3.8) is 0 Å². The molecule has 3 rings (SSSR count). The summed E-state index contributed by atoms with van der Waals surface area (Å²) in [5, 5.41) is 0. The van der Waals surface area contributed by atoms with Gasteiger partial charge in [-0.2, -0.15) is 4.76 Å². The zero-order valence-corrected chi connectivity index (χ0v) is 13.7. The predicted molar refractivity (Wildman–Crippen MR) is 85.0 cm³/mol. The highest BCUT2D eigenvalue weighted by Gasteiger charge is 2.32. The van der Waals surface area contributed by atoms with Gasteiger partial charge in [0.05, 0.1) is 19.3 Å². The Labute approximate surface area is 130 Å². The Balaban J connectivity index is 1.59. The highest BCUT2D eigenvalue weighted by molar-refractivity contribution is 8.09. The summed E-state index contributed by atoms with van der Waals surface area (Å²) in [6, 6.07) is 11.0. The molecule has 2 saturated heterocycles. The van der Waals surface area contributed by atoms with Crippen molar-refractivity contribution in [1.29, 1.82) is 0 Å². The van der Waals surface area contributed by atoms with Crippen LogP contribution in [-0.2, 0) is 32.0 Å². The lowest BCUT2D eigenvalue weighted by Crippen LogP contribution is -3.14. The van der Waals surface area contributed by atoms with Crippen LogP contribution in [0.2, 0.25) is 0 Å². The second-order valence-electron chi connectivity index (χ2n) is 5.34. The second-order valence-corrected chi connectivity index (χ2v) is 8.38. The van der Waals surface area contributed by atoms with Gasteiger partial charge in [-0.3, -0.25) is 4.90 Å². The number of ether oxygens (including phenoxy) is 1. The van der Waals surface area contributed by atoms with E-state index >= 15 is 0 Å². The highest BCUT2D eigenvalue weighted by Crippen LogP contribution is 2.53. The molecule has 21 heavy (non-hydrogen) atoms. The molecule has 1 unspecified atom stereocenters. The zero-order valence-electron chi connectivity index (χ0n) is 12.0. The average Bonchev–Trinajstić information content (AvgIpc) is 3.10. The monoisotopic (exact) mass is 327 g/mol. The van der Waals surface area contributed by atoms with Crippen molar-refractivity contribution in [2.75, 3.05) is 26.5 Å². The Hall–Kier alpha value is -0.780. The van der Waals surface area contributed by atoms with Crippen molar-refractivity contribution in [1.82, 2.24) is 0 Å². The van der Waals surface area contributed by atoms with Crippen LogP contribution in [0.1, 0.15) is 12.5 Å². The van der Waals surface area contributed by atoms with Gasteiger partial charge in [0.15, 0.2) is 6.54 Å². The first-order valence-electron chi connectivity index (χ1n) is 7.14. The Morgan fingerprint density at radius 1 is 1.29 bits per heavy atom. The summed E-state index contributed by atoms with van der Waals surface area (Å²) in [4.78, 5) is 1.36. The van der Waals surface area contributed by atoms with E-state index in [4.69, 9.17) is 25.6 Å². The average molecular weight is 327 g/mol. The molecule has 0 amide bonds. The number of nitrogens with zero attached hydrogens (tertiary/aromatic N) is 1. The molecular formula is C14H20N2O3PS+. The number of rotatable bonds is 4. The minimum Gasteiger partial charge on any atom is -0.426 e. The van der Waals surface area contributed by atoms with E-state index < -0.39 is 6.64 Å². The molecule has 2 aliphatic heterocycles. The smallest absolute Gasteiger partial charge is 0.312 e.